The van der Waals surface area contributed by atoms with Crippen LogP contribution in [0.5, 0.6) is 5.75 Å². The number of nitrogens with zero attached hydrogens (tertiary/aromatic N) is 1. The van der Waals surface area contributed by atoms with Gasteiger partial charge in [-0.25, -0.2) is 9.59 Å². The van der Waals surface area contributed by atoms with Gasteiger partial charge in [-0.05, 0) is 25.0 Å². The summed E-state index contributed by atoms with van der Waals surface area (Å²) < 4.78 is 15.8. The molecule has 0 radical (unpaired) electrons. The molecule has 0 atom stereocenters. The van der Waals surface area contributed by atoms with Crippen LogP contribution in [0.15, 0.2) is 36.1 Å². The van der Waals surface area contributed by atoms with E-state index in [9.17, 15) is 19.7 Å². The van der Waals surface area contributed by atoms with Crippen molar-refractivity contribution in [2.24, 2.45) is 0 Å². The van der Waals surface area contributed by atoms with E-state index in [1.807, 2.05) is 0 Å². The normalized spacial score (nSPS) is 11.1. The zero-order valence-electron chi connectivity index (χ0n) is 17.8. The molecule has 8 nitrogen and oxygen atoms in total. The molecular weight excluding hydrogens is 390 g/mol. The van der Waals surface area contributed by atoms with Crippen LogP contribution in [0.2, 0.25) is 0 Å². The van der Waals surface area contributed by atoms with Gasteiger partial charge in [0.15, 0.2) is 0 Å². The Hall–Kier alpha value is -2.90. The van der Waals surface area contributed by atoms with Crippen molar-refractivity contribution in [3.8, 4) is 5.75 Å². The largest absolute Gasteiger partial charge is 0.462 e. The van der Waals surface area contributed by atoms with Gasteiger partial charge in [0.2, 0.25) is 5.76 Å². The number of rotatable bonds is 15. The maximum Gasteiger partial charge on any atom is 0.374 e. The number of nitro benzene ring substituents is 1. The van der Waals surface area contributed by atoms with E-state index < -0.39 is 16.9 Å². The second kappa shape index (κ2) is 15.0. The molecule has 0 unspecified atom stereocenters. The van der Waals surface area contributed by atoms with E-state index >= 15 is 0 Å². The smallest absolute Gasteiger partial charge is 0.374 e. The van der Waals surface area contributed by atoms with Crippen molar-refractivity contribution >= 4 is 17.6 Å². The number of non-ortho nitro benzene ring substituents is 1. The topological polar surface area (TPSA) is 105 Å². The summed E-state index contributed by atoms with van der Waals surface area (Å²) in [6, 6.07) is 5.18. The first-order valence-electron chi connectivity index (χ1n) is 10.5. The van der Waals surface area contributed by atoms with Gasteiger partial charge in [0.1, 0.15) is 5.75 Å². The number of carbonyl (C=O) groups is 2. The van der Waals surface area contributed by atoms with Gasteiger partial charge in [-0.15, -0.1) is 0 Å². The van der Waals surface area contributed by atoms with E-state index in [-0.39, 0.29) is 30.4 Å². The number of esters is 2. The van der Waals surface area contributed by atoms with Crippen molar-refractivity contribution in [1.82, 2.24) is 0 Å². The van der Waals surface area contributed by atoms with Crippen molar-refractivity contribution in [3.63, 3.8) is 0 Å². The first-order chi connectivity index (χ1) is 14.5. The van der Waals surface area contributed by atoms with Crippen LogP contribution in [-0.4, -0.2) is 30.1 Å². The minimum absolute atomic E-state index is 0.113. The molecule has 0 aliphatic rings. The molecule has 1 rings (SSSR count). The standard InChI is InChI=1S/C22H31NO7/c1-3-5-7-9-15-28-21(24)17-20(22(25)29-16-10-8-6-4-2)30-19-13-11-18(12-14-19)23(26)27/h11-14,17H,3-10,15-16H2,1-2H3. The highest BCUT2D eigenvalue weighted by atomic mass is 16.6. The Balaban J connectivity index is 2.75. The summed E-state index contributed by atoms with van der Waals surface area (Å²) in [5.74, 6) is -1.64. The third kappa shape index (κ3) is 10.6. The summed E-state index contributed by atoms with van der Waals surface area (Å²) >= 11 is 0. The third-order valence-corrected chi connectivity index (χ3v) is 4.20. The molecule has 0 fully saturated rings. The monoisotopic (exact) mass is 421 g/mol. The highest BCUT2D eigenvalue weighted by molar-refractivity contribution is 5.95. The summed E-state index contributed by atoms with van der Waals surface area (Å²) in [5.41, 5.74) is -0.113. The lowest BCUT2D eigenvalue weighted by atomic mass is 10.2. The fourth-order valence-electron chi connectivity index (χ4n) is 2.51. The summed E-state index contributed by atoms with van der Waals surface area (Å²) in [6.45, 7) is 4.64. The molecule has 0 N–H and O–H groups in total. The van der Waals surface area contributed by atoms with Crippen LogP contribution in [-0.2, 0) is 19.1 Å². The molecular formula is C22H31NO7. The van der Waals surface area contributed by atoms with Crippen molar-refractivity contribution in [2.75, 3.05) is 13.2 Å². The van der Waals surface area contributed by atoms with Crippen molar-refractivity contribution in [2.45, 2.75) is 65.2 Å². The van der Waals surface area contributed by atoms with Gasteiger partial charge in [0.05, 0.1) is 24.2 Å². The number of benzene rings is 1. The first-order valence-corrected chi connectivity index (χ1v) is 10.5. The molecule has 0 saturated carbocycles. The van der Waals surface area contributed by atoms with Gasteiger partial charge in [-0.2, -0.15) is 0 Å². The maximum absolute atomic E-state index is 12.4. The predicted octanol–water partition coefficient (Wildman–Crippen LogP) is 5.10. The van der Waals surface area contributed by atoms with E-state index in [1.165, 1.54) is 24.3 Å². The molecule has 0 amide bonds. The Labute approximate surface area is 177 Å². The van der Waals surface area contributed by atoms with Gasteiger partial charge >= 0.3 is 11.9 Å². The number of ether oxygens (including phenoxy) is 3. The third-order valence-electron chi connectivity index (χ3n) is 4.20. The first kappa shape index (κ1) is 25.1. The zero-order chi connectivity index (χ0) is 22.2. The van der Waals surface area contributed by atoms with E-state index in [2.05, 4.69) is 13.8 Å². The molecule has 8 heteroatoms. The van der Waals surface area contributed by atoms with E-state index in [0.717, 1.165) is 51.0 Å². The lowest BCUT2D eigenvalue weighted by Gasteiger charge is -2.10. The van der Waals surface area contributed by atoms with Gasteiger partial charge in [0, 0.05) is 12.1 Å². The van der Waals surface area contributed by atoms with E-state index in [0.29, 0.717) is 6.42 Å². The molecule has 1 aromatic carbocycles. The highest BCUT2D eigenvalue weighted by Crippen LogP contribution is 2.20. The Morgan fingerprint density at radius 2 is 1.47 bits per heavy atom. The van der Waals surface area contributed by atoms with Crippen molar-refractivity contribution < 1.29 is 28.7 Å². The number of unbranched alkanes of at least 4 members (excludes halogenated alkanes) is 6. The van der Waals surface area contributed by atoms with Crippen LogP contribution in [0.4, 0.5) is 5.69 Å². The molecule has 0 aliphatic heterocycles. The Kier molecular flexibility index (Phi) is 12.6. The maximum atomic E-state index is 12.4. The second-order valence-electron chi connectivity index (χ2n) is 6.79. The molecule has 0 aromatic heterocycles. The van der Waals surface area contributed by atoms with E-state index in [4.69, 9.17) is 14.2 Å². The van der Waals surface area contributed by atoms with Gasteiger partial charge < -0.3 is 14.2 Å². The van der Waals surface area contributed by atoms with Crippen LogP contribution >= 0.6 is 0 Å². The van der Waals surface area contributed by atoms with Crippen LogP contribution in [0.25, 0.3) is 0 Å². The lowest BCUT2D eigenvalue weighted by Crippen LogP contribution is -2.16. The molecule has 0 aliphatic carbocycles. The number of hydrogen-bond donors (Lipinski definition) is 0. The van der Waals surface area contributed by atoms with Crippen LogP contribution < -0.4 is 4.74 Å². The molecule has 0 spiro atoms. The summed E-state index contributed by atoms with van der Waals surface area (Å²) in [4.78, 5) is 34.7. The van der Waals surface area contributed by atoms with E-state index in [1.54, 1.807) is 0 Å². The SMILES string of the molecule is CCCCCCOC(=O)C=C(Oc1ccc([N+](=O)[O-])cc1)C(=O)OCCCCCC. The molecule has 1 aromatic rings. The lowest BCUT2D eigenvalue weighted by molar-refractivity contribution is -0.384. The molecule has 166 valence electrons. The quantitative estimate of drug-likeness (QED) is 0.0968. The van der Waals surface area contributed by atoms with Crippen molar-refractivity contribution in [1.29, 1.82) is 0 Å². The number of nitro groups is 1. The average Bonchev–Trinajstić information content (AvgIpc) is 2.73. The second-order valence-corrected chi connectivity index (χ2v) is 6.79. The fraction of sp³-hybridized carbons (Fsp3) is 0.545. The summed E-state index contributed by atoms with van der Waals surface area (Å²) in [7, 11) is 0. The Bertz CT molecular complexity index is 698. The minimum atomic E-state index is -0.784. The summed E-state index contributed by atoms with van der Waals surface area (Å²) in [5, 5.41) is 10.8. The predicted molar refractivity (Wildman–Crippen MR) is 112 cm³/mol. The van der Waals surface area contributed by atoms with Crippen LogP contribution in [0, 0.1) is 10.1 Å². The van der Waals surface area contributed by atoms with Crippen LogP contribution in [0.1, 0.15) is 65.2 Å². The fourth-order valence-corrected chi connectivity index (χ4v) is 2.51. The number of hydrogen-bond acceptors (Lipinski definition) is 7. The molecule has 0 bridgehead atoms. The average molecular weight is 421 g/mol. The van der Waals surface area contributed by atoms with Crippen LogP contribution in [0.3, 0.4) is 0 Å². The van der Waals surface area contributed by atoms with Crippen molar-refractivity contribution in [3.05, 3.63) is 46.2 Å². The number of carbonyl (C=O) groups excluding carboxylic acids is 2. The summed E-state index contributed by atoms with van der Waals surface area (Å²) in [6.07, 6.45) is 8.55. The van der Waals surface area contributed by atoms with Gasteiger partial charge in [-0.1, -0.05) is 52.4 Å². The molecule has 0 saturated heterocycles. The molecule has 30 heavy (non-hydrogen) atoms. The zero-order valence-corrected chi connectivity index (χ0v) is 17.8. The highest BCUT2D eigenvalue weighted by Gasteiger charge is 2.17. The minimum Gasteiger partial charge on any atom is -0.462 e. The molecule has 0 heterocycles. The Morgan fingerprint density at radius 1 is 0.900 bits per heavy atom. The van der Waals surface area contributed by atoms with Gasteiger partial charge in [-0.3, -0.25) is 10.1 Å². The van der Waals surface area contributed by atoms with Gasteiger partial charge in [0.25, 0.3) is 5.69 Å². The Morgan fingerprint density at radius 3 is 2.00 bits per heavy atom.